The first kappa shape index (κ1) is 8.38. The first-order chi connectivity index (χ1) is 6.18. The van der Waals surface area contributed by atoms with Crippen LogP contribution in [-0.2, 0) is 0 Å². The maximum absolute atomic E-state index is 9.44. The van der Waals surface area contributed by atoms with Crippen molar-refractivity contribution in [2.45, 2.75) is 19.4 Å². The minimum Gasteiger partial charge on any atom is -0.508 e. The lowest BCUT2D eigenvalue weighted by Gasteiger charge is -2.23. The topological polar surface area (TPSA) is 55.5 Å². The van der Waals surface area contributed by atoms with E-state index >= 15 is 0 Å². The van der Waals surface area contributed by atoms with Crippen molar-refractivity contribution in [3.63, 3.8) is 0 Å². The Labute approximate surface area is 77.1 Å². The maximum atomic E-state index is 9.44. The second kappa shape index (κ2) is 2.92. The molecule has 0 amide bonds. The second-order valence-electron chi connectivity index (χ2n) is 3.42. The summed E-state index contributed by atoms with van der Waals surface area (Å²) in [5, 5.41) is 9.44. The molecule has 0 saturated heterocycles. The number of nitrogens with two attached hydrogens (primary N) is 1. The molecule has 0 unspecified atom stereocenters. The van der Waals surface area contributed by atoms with E-state index in [0.717, 1.165) is 23.3 Å². The van der Waals surface area contributed by atoms with Gasteiger partial charge in [0.05, 0.1) is 6.61 Å². The molecule has 1 aliphatic heterocycles. The minimum absolute atomic E-state index is 0.0445. The molecular weight excluding hydrogens is 166 g/mol. The van der Waals surface area contributed by atoms with Crippen LogP contribution < -0.4 is 10.5 Å². The van der Waals surface area contributed by atoms with Gasteiger partial charge in [0.25, 0.3) is 0 Å². The fourth-order valence-corrected chi connectivity index (χ4v) is 1.57. The molecule has 0 bridgehead atoms. The van der Waals surface area contributed by atoms with E-state index in [-0.39, 0.29) is 11.8 Å². The molecule has 1 heterocycles. The molecule has 3 N–H and O–H groups in total. The summed E-state index contributed by atoms with van der Waals surface area (Å²) >= 11 is 0. The van der Waals surface area contributed by atoms with Crippen molar-refractivity contribution in [3.05, 3.63) is 23.3 Å². The average Bonchev–Trinajstić information content (AvgIpc) is 2.09. The van der Waals surface area contributed by atoms with E-state index in [1.165, 1.54) is 0 Å². The molecule has 0 spiro atoms. The van der Waals surface area contributed by atoms with Crippen molar-refractivity contribution in [3.8, 4) is 11.5 Å². The maximum Gasteiger partial charge on any atom is 0.127 e. The van der Waals surface area contributed by atoms with Crippen molar-refractivity contribution in [1.29, 1.82) is 0 Å². The highest BCUT2D eigenvalue weighted by Crippen LogP contribution is 2.35. The van der Waals surface area contributed by atoms with Crippen LogP contribution in [0.15, 0.2) is 12.1 Å². The largest absolute Gasteiger partial charge is 0.508 e. The number of benzene rings is 1. The number of aromatic hydroxyl groups is 1. The van der Waals surface area contributed by atoms with E-state index < -0.39 is 0 Å². The van der Waals surface area contributed by atoms with Gasteiger partial charge >= 0.3 is 0 Å². The standard InChI is InChI=1S/C10H13NO2/c1-6-4-7-8(11)2-3-13-10(7)5-9(6)12/h4-5,8,12H,2-3,11H2,1H3/t8-/m0/s1. The SMILES string of the molecule is Cc1cc2c(cc1O)OCC[C@@H]2N. The molecule has 1 aromatic rings. The van der Waals surface area contributed by atoms with Gasteiger partial charge in [-0.3, -0.25) is 0 Å². The van der Waals surface area contributed by atoms with Crippen LogP contribution in [-0.4, -0.2) is 11.7 Å². The zero-order valence-electron chi connectivity index (χ0n) is 7.58. The Morgan fingerprint density at radius 3 is 3.08 bits per heavy atom. The number of fused-ring (bicyclic) bond motifs is 1. The number of hydrogen-bond donors (Lipinski definition) is 2. The number of ether oxygens (including phenoxy) is 1. The summed E-state index contributed by atoms with van der Waals surface area (Å²) in [5.41, 5.74) is 7.75. The second-order valence-corrected chi connectivity index (χ2v) is 3.42. The summed E-state index contributed by atoms with van der Waals surface area (Å²) < 4.78 is 5.39. The monoisotopic (exact) mass is 179 g/mol. The van der Waals surface area contributed by atoms with Gasteiger partial charge in [0.1, 0.15) is 11.5 Å². The molecule has 1 aromatic carbocycles. The fourth-order valence-electron chi connectivity index (χ4n) is 1.57. The molecule has 0 saturated carbocycles. The Kier molecular flexibility index (Phi) is 1.88. The number of phenols is 1. The van der Waals surface area contributed by atoms with Gasteiger partial charge in [0.2, 0.25) is 0 Å². The van der Waals surface area contributed by atoms with Crippen LogP contribution >= 0.6 is 0 Å². The molecule has 0 aromatic heterocycles. The van der Waals surface area contributed by atoms with E-state index in [1.807, 2.05) is 13.0 Å². The summed E-state index contributed by atoms with van der Waals surface area (Å²) in [6.07, 6.45) is 0.844. The van der Waals surface area contributed by atoms with Crippen molar-refractivity contribution in [1.82, 2.24) is 0 Å². The first-order valence-corrected chi connectivity index (χ1v) is 4.40. The minimum atomic E-state index is 0.0445. The average molecular weight is 179 g/mol. The highest BCUT2D eigenvalue weighted by molar-refractivity contribution is 5.47. The van der Waals surface area contributed by atoms with Gasteiger partial charge in [-0.1, -0.05) is 0 Å². The lowest BCUT2D eigenvalue weighted by Crippen LogP contribution is -2.20. The van der Waals surface area contributed by atoms with Crippen molar-refractivity contribution < 1.29 is 9.84 Å². The number of rotatable bonds is 0. The molecule has 2 rings (SSSR count). The Bertz CT molecular complexity index is 336. The van der Waals surface area contributed by atoms with Crippen LogP contribution in [0.4, 0.5) is 0 Å². The smallest absolute Gasteiger partial charge is 0.127 e. The molecule has 13 heavy (non-hydrogen) atoms. The molecule has 1 atom stereocenters. The van der Waals surface area contributed by atoms with Crippen molar-refractivity contribution in [2.75, 3.05) is 6.61 Å². The zero-order chi connectivity index (χ0) is 9.42. The van der Waals surface area contributed by atoms with Crippen LogP contribution in [0.3, 0.4) is 0 Å². The molecule has 0 fully saturated rings. The highest BCUT2D eigenvalue weighted by Gasteiger charge is 2.19. The number of phenolic OH excluding ortho intramolecular Hbond substituents is 1. The normalized spacial score (nSPS) is 20.6. The summed E-state index contributed by atoms with van der Waals surface area (Å²) in [5.74, 6) is 0.995. The summed E-state index contributed by atoms with van der Waals surface area (Å²) in [6, 6.07) is 3.58. The predicted molar refractivity (Wildman–Crippen MR) is 49.9 cm³/mol. The van der Waals surface area contributed by atoms with Crippen LogP contribution in [0, 0.1) is 6.92 Å². The van der Waals surface area contributed by atoms with E-state index in [9.17, 15) is 5.11 Å². The Morgan fingerprint density at radius 2 is 2.31 bits per heavy atom. The highest BCUT2D eigenvalue weighted by atomic mass is 16.5. The Morgan fingerprint density at radius 1 is 1.54 bits per heavy atom. The van der Waals surface area contributed by atoms with Gasteiger partial charge in [0.15, 0.2) is 0 Å². The van der Waals surface area contributed by atoms with Gasteiger partial charge in [-0.05, 0) is 18.6 Å². The van der Waals surface area contributed by atoms with Crippen molar-refractivity contribution >= 4 is 0 Å². The third kappa shape index (κ3) is 1.35. The molecule has 1 aliphatic rings. The predicted octanol–water partition coefficient (Wildman–Crippen LogP) is 1.48. The van der Waals surface area contributed by atoms with E-state index in [0.29, 0.717) is 6.61 Å². The third-order valence-corrected chi connectivity index (χ3v) is 2.41. The molecule has 3 heteroatoms. The van der Waals surface area contributed by atoms with E-state index in [4.69, 9.17) is 10.5 Å². The first-order valence-electron chi connectivity index (χ1n) is 4.40. The van der Waals surface area contributed by atoms with E-state index in [1.54, 1.807) is 6.07 Å². The van der Waals surface area contributed by atoms with Gasteiger partial charge in [-0.25, -0.2) is 0 Å². The van der Waals surface area contributed by atoms with Gasteiger partial charge in [0, 0.05) is 24.1 Å². The van der Waals surface area contributed by atoms with Crippen LogP contribution in [0.5, 0.6) is 11.5 Å². The summed E-state index contributed by atoms with van der Waals surface area (Å²) in [4.78, 5) is 0. The Hall–Kier alpha value is -1.22. The van der Waals surface area contributed by atoms with Crippen molar-refractivity contribution in [2.24, 2.45) is 5.73 Å². The van der Waals surface area contributed by atoms with E-state index in [2.05, 4.69) is 0 Å². The molecule has 0 radical (unpaired) electrons. The molecule has 0 aliphatic carbocycles. The zero-order valence-corrected chi connectivity index (χ0v) is 7.58. The van der Waals surface area contributed by atoms with Crippen LogP contribution in [0.25, 0.3) is 0 Å². The number of hydrogen-bond acceptors (Lipinski definition) is 3. The number of aryl methyl sites for hydroxylation is 1. The van der Waals surface area contributed by atoms with Gasteiger partial charge in [-0.2, -0.15) is 0 Å². The molecule has 70 valence electrons. The lowest BCUT2D eigenvalue weighted by molar-refractivity contribution is 0.267. The molecular formula is C10H13NO2. The van der Waals surface area contributed by atoms with Gasteiger partial charge < -0.3 is 15.6 Å². The lowest BCUT2D eigenvalue weighted by atomic mass is 9.99. The summed E-state index contributed by atoms with van der Waals surface area (Å²) in [7, 11) is 0. The summed E-state index contributed by atoms with van der Waals surface area (Å²) in [6.45, 7) is 2.49. The van der Waals surface area contributed by atoms with Crippen LogP contribution in [0.2, 0.25) is 0 Å². The van der Waals surface area contributed by atoms with Crippen LogP contribution in [0.1, 0.15) is 23.6 Å². The quantitative estimate of drug-likeness (QED) is 0.634. The molecule has 3 nitrogen and oxygen atoms in total. The third-order valence-electron chi connectivity index (χ3n) is 2.41. The Balaban J connectivity index is 2.52. The van der Waals surface area contributed by atoms with Gasteiger partial charge in [-0.15, -0.1) is 0 Å². The fraction of sp³-hybridized carbons (Fsp3) is 0.400.